The van der Waals surface area contributed by atoms with E-state index in [1.165, 1.54) is 5.56 Å². The van der Waals surface area contributed by atoms with Gasteiger partial charge in [-0.1, -0.05) is 13.0 Å². The highest BCUT2D eigenvalue weighted by Crippen LogP contribution is 2.31. The Kier molecular flexibility index (Phi) is 4.97. The summed E-state index contributed by atoms with van der Waals surface area (Å²) < 4.78 is 2.24. The molecule has 138 valence electrons. The predicted molar refractivity (Wildman–Crippen MR) is 97.0 cm³/mol. The summed E-state index contributed by atoms with van der Waals surface area (Å²) in [5, 5.41) is 8.97. The van der Waals surface area contributed by atoms with E-state index in [4.69, 9.17) is 0 Å². The molecule has 1 atom stereocenters. The van der Waals surface area contributed by atoms with Gasteiger partial charge in [-0.2, -0.15) is 0 Å². The highest BCUT2D eigenvalue weighted by molar-refractivity contribution is 5.76. The molecule has 4 rings (SSSR count). The third-order valence-corrected chi connectivity index (χ3v) is 5.41. The van der Waals surface area contributed by atoms with Crippen molar-refractivity contribution in [3.8, 4) is 0 Å². The molecule has 2 aromatic heterocycles. The van der Waals surface area contributed by atoms with Crippen molar-refractivity contribution in [2.75, 3.05) is 13.1 Å². The van der Waals surface area contributed by atoms with Crippen molar-refractivity contribution in [2.45, 2.75) is 58.3 Å². The Morgan fingerprint density at radius 3 is 2.96 bits per heavy atom. The molecule has 0 radical (unpaired) electrons. The molecule has 2 aromatic rings. The SMILES string of the molecule is CCC(=O)N1CCCCC1c1nnc2n1CCN(Cc1cccnc1)C2. The third kappa shape index (κ3) is 3.35. The molecule has 2 aliphatic rings. The van der Waals surface area contributed by atoms with Crippen LogP contribution in [0.2, 0.25) is 0 Å². The second kappa shape index (κ2) is 7.53. The highest BCUT2D eigenvalue weighted by atomic mass is 16.2. The Bertz CT molecular complexity index is 759. The molecule has 0 N–H and O–H groups in total. The standard InChI is InChI=1S/C19H26N6O/c1-2-18(26)24-9-4-3-7-16(24)19-22-21-17-14-23(10-11-25(17)19)13-15-6-5-8-20-12-15/h5-6,8,12,16H,2-4,7,9-11,13-14H2,1H3. The van der Waals surface area contributed by atoms with Gasteiger partial charge in [-0.05, 0) is 30.9 Å². The Hall–Kier alpha value is -2.28. The monoisotopic (exact) mass is 354 g/mol. The van der Waals surface area contributed by atoms with Gasteiger partial charge >= 0.3 is 0 Å². The molecule has 1 fully saturated rings. The zero-order valence-electron chi connectivity index (χ0n) is 15.3. The first-order valence-electron chi connectivity index (χ1n) is 9.59. The third-order valence-electron chi connectivity index (χ3n) is 5.41. The summed E-state index contributed by atoms with van der Waals surface area (Å²) in [5.74, 6) is 2.20. The number of rotatable bonds is 4. The second-order valence-electron chi connectivity index (χ2n) is 7.15. The number of carbonyl (C=O) groups excluding carboxylic acids is 1. The van der Waals surface area contributed by atoms with Crippen LogP contribution in [-0.2, 0) is 24.4 Å². The Morgan fingerprint density at radius 1 is 1.23 bits per heavy atom. The number of carbonyl (C=O) groups is 1. The average molecular weight is 354 g/mol. The molecular weight excluding hydrogens is 328 g/mol. The predicted octanol–water partition coefficient (Wildman–Crippen LogP) is 2.15. The molecule has 7 heteroatoms. The average Bonchev–Trinajstić information content (AvgIpc) is 3.11. The summed E-state index contributed by atoms with van der Waals surface area (Å²) in [4.78, 5) is 20.9. The van der Waals surface area contributed by atoms with E-state index in [9.17, 15) is 4.79 Å². The van der Waals surface area contributed by atoms with E-state index in [-0.39, 0.29) is 11.9 Å². The Morgan fingerprint density at radius 2 is 2.15 bits per heavy atom. The highest BCUT2D eigenvalue weighted by Gasteiger charge is 2.33. The number of piperidine rings is 1. The zero-order valence-corrected chi connectivity index (χ0v) is 15.3. The van der Waals surface area contributed by atoms with Gasteiger partial charge in [-0.25, -0.2) is 0 Å². The number of likely N-dealkylation sites (tertiary alicyclic amines) is 1. The molecular formula is C19H26N6O. The lowest BCUT2D eigenvalue weighted by Crippen LogP contribution is -2.40. The van der Waals surface area contributed by atoms with Gasteiger partial charge in [0.15, 0.2) is 5.82 Å². The zero-order chi connectivity index (χ0) is 17.9. The minimum Gasteiger partial charge on any atom is -0.332 e. The molecule has 4 heterocycles. The van der Waals surface area contributed by atoms with E-state index in [2.05, 4.69) is 30.7 Å². The van der Waals surface area contributed by atoms with Gasteiger partial charge in [0.2, 0.25) is 5.91 Å². The van der Waals surface area contributed by atoms with Crippen molar-refractivity contribution >= 4 is 5.91 Å². The molecule has 7 nitrogen and oxygen atoms in total. The molecule has 26 heavy (non-hydrogen) atoms. The number of aromatic nitrogens is 4. The van der Waals surface area contributed by atoms with E-state index < -0.39 is 0 Å². The molecule has 0 saturated carbocycles. The summed E-state index contributed by atoms with van der Waals surface area (Å²) >= 11 is 0. The summed E-state index contributed by atoms with van der Waals surface area (Å²) in [6, 6.07) is 4.17. The Labute approximate surface area is 154 Å². The van der Waals surface area contributed by atoms with Crippen molar-refractivity contribution < 1.29 is 4.79 Å². The number of pyridine rings is 1. The molecule has 0 aromatic carbocycles. The molecule has 0 spiro atoms. The first-order valence-corrected chi connectivity index (χ1v) is 9.59. The lowest BCUT2D eigenvalue weighted by Gasteiger charge is -2.36. The van der Waals surface area contributed by atoms with E-state index in [1.807, 2.05) is 24.1 Å². The molecule has 0 bridgehead atoms. The van der Waals surface area contributed by atoms with Crippen molar-refractivity contribution in [1.82, 2.24) is 29.5 Å². The fourth-order valence-electron chi connectivity index (χ4n) is 4.06. The van der Waals surface area contributed by atoms with Crippen LogP contribution in [0, 0.1) is 0 Å². The van der Waals surface area contributed by atoms with Gasteiger partial charge in [-0.3, -0.25) is 14.7 Å². The minimum absolute atomic E-state index is 0.0855. The van der Waals surface area contributed by atoms with Crippen LogP contribution in [0.4, 0.5) is 0 Å². The van der Waals surface area contributed by atoms with Crippen LogP contribution < -0.4 is 0 Å². The van der Waals surface area contributed by atoms with Crippen molar-refractivity contribution in [1.29, 1.82) is 0 Å². The number of fused-ring (bicyclic) bond motifs is 1. The first-order chi connectivity index (χ1) is 12.8. The molecule has 0 aliphatic carbocycles. The van der Waals surface area contributed by atoms with Gasteiger partial charge in [-0.15, -0.1) is 10.2 Å². The van der Waals surface area contributed by atoms with Crippen molar-refractivity contribution in [3.63, 3.8) is 0 Å². The maximum atomic E-state index is 12.4. The van der Waals surface area contributed by atoms with Crippen LogP contribution in [0.1, 0.15) is 55.9 Å². The van der Waals surface area contributed by atoms with E-state index >= 15 is 0 Å². The van der Waals surface area contributed by atoms with Crippen LogP contribution >= 0.6 is 0 Å². The maximum Gasteiger partial charge on any atom is 0.222 e. The molecule has 1 unspecified atom stereocenters. The molecule has 1 amide bonds. The normalized spacial score (nSPS) is 20.8. The fraction of sp³-hybridized carbons (Fsp3) is 0.579. The van der Waals surface area contributed by atoms with Crippen molar-refractivity contribution in [3.05, 3.63) is 41.7 Å². The van der Waals surface area contributed by atoms with Crippen LogP contribution in [0.15, 0.2) is 24.5 Å². The molecule has 2 aliphatic heterocycles. The number of hydrogen-bond donors (Lipinski definition) is 0. The Balaban J connectivity index is 1.51. The van der Waals surface area contributed by atoms with Gasteiger partial charge in [0, 0.05) is 45.0 Å². The second-order valence-corrected chi connectivity index (χ2v) is 7.15. The quantitative estimate of drug-likeness (QED) is 0.842. The smallest absolute Gasteiger partial charge is 0.222 e. The number of amides is 1. The van der Waals surface area contributed by atoms with Gasteiger partial charge in [0.05, 0.1) is 12.6 Å². The summed E-state index contributed by atoms with van der Waals surface area (Å²) in [7, 11) is 0. The fourth-order valence-corrected chi connectivity index (χ4v) is 4.06. The van der Waals surface area contributed by atoms with Crippen LogP contribution in [-0.4, -0.2) is 48.5 Å². The first kappa shape index (κ1) is 17.1. The maximum absolute atomic E-state index is 12.4. The van der Waals surface area contributed by atoms with Crippen molar-refractivity contribution in [2.24, 2.45) is 0 Å². The summed E-state index contributed by atoms with van der Waals surface area (Å²) in [6.07, 6.45) is 7.49. The van der Waals surface area contributed by atoms with Gasteiger partial charge < -0.3 is 9.47 Å². The minimum atomic E-state index is 0.0855. The molecule has 1 saturated heterocycles. The van der Waals surface area contributed by atoms with Crippen LogP contribution in [0.5, 0.6) is 0 Å². The largest absolute Gasteiger partial charge is 0.332 e. The van der Waals surface area contributed by atoms with Gasteiger partial charge in [0.1, 0.15) is 5.82 Å². The number of hydrogen-bond acceptors (Lipinski definition) is 5. The summed E-state index contributed by atoms with van der Waals surface area (Å²) in [5.41, 5.74) is 1.22. The van der Waals surface area contributed by atoms with E-state index in [0.29, 0.717) is 6.42 Å². The van der Waals surface area contributed by atoms with Crippen LogP contribution in [0.25, 0.3) is 0 Å². The van der Waals surface area contributed by atoms with E-state index in [0.717, 1.165) is 63.6 Å². The van der Waals surface area contributed by atoms with E-state index in [1.54, 1.807) is 6.20 Å². The van der Waals surface area contributed by atoms with Crippen LogP contribution in [0.3, 0.4) is 0 Å². The lowest BCUT2D eigenvalue weighted by atomic mass is 10.0. The number of nitrogens with zero attached hydrogens (tertiary/aromatic N) is 6. The summed E-state index contributed by atoms with van der Waals surface area (Å²) in [6.45, 7) is 6.27. The topological polar surface area (TPSA) is 67.2 Å². The van der Waals surface area contributed by atoms with Gasteiger partial charge in [0.25, 0.3) is 0 Å². The lowest BCUT2D eigenvalue weighted by molar-refractivity contribution is -0.135.